The van der Waals surface area contributed by atoms with E-state index in [2.05, 4.69) is 9.97 Å². The molecule has 3 rings (SSSR count). The number of aromatic amines is 1. The van der Waals surface area contributed by atoms with E-state index in [9.17, 15) is 22.4 Å². The molecular weight excluding hydrogens is 328 g/mol. The van der Waals surface area contributed by atoms with Crippen molar-refractivity contribution in [3.8, 4) is 0 Å². The minimum Gasteiger partial charge on any atom is -0.369 e. The Morgan fingerprint density at radius 1 is 1.33 bits per heavy atom. The molecule has 24 heavy (non-hydrogen) atoms. The Hall–Kier alpha value is -2.42. The van der Waals surface area contributed by atoms with Crippen LogP contribution in [0.25, 0.3) is 0 Å². The molecule has 1 aliphatic heterocycles. The molecule has 3 N–H and O–H groups in total. The second-order valence-corrected chi connectivity index (χ2v) is 5.64. The largest absolute Gasteiger partial charge is 0.416 e. The number of anilines is 1. The van der Waals surface area contributed by atoms with Gasteiger partial charge in [0.1, 0.15) is 5.82 Å². The van der Waals surface area contributed by atoms with Crippen molar-refractivity contribution in [1.29, 1.82) is 0 Å². The maximum Gasteiger partial charge on any atom is 0.416 e. The molecule has 2 aromatic rings. The first-order chi connectivity index (χ1) is 11.2. The van der Waals surface area contributed by atoms with Crippen molar-refractivity contribution in [3.05, 3.63) is 56.8 Å². The first kappa shape index (κ1) is 16.4. The van der Waals surface area contributed by atoms with Crippen molar-refractivity contribution in [2.75, 3.05) is 12.3 Å². The fraction of sp³-hybridized carbons (Fsp3) is 0.333. The number of rotatable bonds is 2. The highest BCUT2D eigenvalue weighted by molar-refractivity contribution is 5.29. The molecule has 0 radical (unpaired) electrons. The minimum atomic E-state index is -4.53. The van der Waals surface area contributed by atoms with Crippen molar-refractivity contribution < 1.29 is 17.6 Å². The zero-order chi connectivity index (χ0) is 17.5. The number of fused-ring (bicyclic) bond motifs is 1. The zero-order valence-electron chi connectivity index (χ0n) is 12.5. The number of halogens is 4. The summed E-state index contributed by atoms with van der Waals surface area (Å²) in [6.07, 6.45) is -4.11. The van der Waals surface area contributed by atoms with E-state index in [1.165, 1.54) is 0 Å². The van der Waals surface area contributed by atoms with Gasteiger partial charge in [0, 0.05) is 31.6 Å². The monoisotopic (exact) mass is 342 g/mol. The Labute approximate surface area is 134 Å². The van der Waals surface area contributed by atoms with E-state index in [0.717, 1.165) is 12.1 Å². The summed E-state index contributed by atoms with van der Waals surface area (Å²) in [5, 5.41) is 0. The molecule has 1 aromatic heterocycles. The Morgan fingerprint density at radius 2 is 2.08 bits per heavy atom. The molecule has 0 unspecified atom stereocenters. The Bertz CT molecular complexity index is 831. The average molecular weight is 342 g/mol. The van der Waals surface area contributed by atoms with Gasteiger partial charge in [-0.1, -0.05) is 0 Å². The number of H-pyrrole nitrogens is 1. The number of nitrogens with zero attached hydrogens (tertiary/aromatic N) is 2. The lowest BCUT2D eigenvalue weighted by molar-refractivity contribution is -0.137. The summed E-state index contributed by atoms with van der Waals surface area (Å²) < 4.78 is 52.1. The van der Waals surface area contributed by atoms with Gasteiger partial charge in [0.2, 0.25) is 5.95 Å². The molecule has 0 amide bonds. The lowest BCUT2D eigenvalue weighted by Gasteiger charge is -2.27. The molecule has 0 saturated heterocycles. The van der Waals surface area contributed by atoms with Crippen molar-refractivity contribution in [2.24, 2.45) is 0 Å². The van der Waals surface area contributed by atoms with E-state index in [-0.39, 0.29) is 30.2 Å². The molecule has 1 aromatic carbocycles. The third kappa shape index (κ3) is 3.25. The second-order valence-electron chi connectivity index (χ2n) is 5.64. The van der Waals surface area contributed by atoms with Crippen LogP contribution in [-0.4, -0.2) is 21.4 Å². The summed E-state index contributed by atoms with van der Waals surface area (Å²) in [4.78, 5) is 20.0. The second kappa shape index (κ2) is 5.90. The van der Waals surface area contributed by atoms with Crippen LogP contribution in [0.15, 0.2) is 23.0 Å². The van der Waals surface area contributed by atoms with Crippen LogP contribution in [0.4, 0.5) is 23.5 Å². The van der Waals surface area contributed by atoms with Gasteiger partial charge in [0.15, 0.2) is 0 Å². The highest BCUT2D eigenvalue weighted by atomic mass is 19.4. The lowest BCUT2D eigenvalue weighted by atomic mass is 10.0. The minimum absolute atomic E-state index is 0.0242. The first-order valence-corrected chi connectivity index (χ1v) is 7.19. The summed E-state index contributed by atoms with van der Waals surface area (Å²) in [5.74, 6) is -0.686. The summed E-state index contributed by atoms with van der Waals surface area (Å²) >= 11 is 0. The number of benzene rings is 1. The number of nitrogens with one attached hydrogen (secondary N) is 1. The maximum atomic E-state index is 13.9. The van der Waals surface area contributed by atoms with Gasteiger partial charge < -0.3 is 5.73 Å². The van der Waals surface area contributed by atoms with Gasteiger partial charge in [0.25, 0.3) is 5.56 Å². The van der Waals surface area contributed by atoms with Crippen molar-refractivity contribution >= 4 is 5.95 Å². The van der Waals surface area contributed by atoms with E-state index >= 15 is 0 Å². The van der Waals surface area contributed by atoms with Crippen molar-refractivity contribution in [2.45, 2.75) is 25.7 Å². The average Bonchev–Trinajstić information content (AvgIpc) is 2.49. The van der Waals surface area contributed by atoms with Gasteiger partial charge in [-0.15, -0.1) is 0 Å². The molecular formula is C15H14F4N4O. The third-order valence-electron chi connectivity index (χ3n) is 3.93. The van der Waals surface area contributed by atoms with E-state index < -0.39 is 17.6 Å². The van der Waals surface area contributed by atoms with Gasteiger partial charge in [0.05, 0.1) is 16.8 Å². The number of aromatic nitrogens is 2. The molecule has 1 aliphatic rings. The Kier molecular flexibility index (Phi) is 4.04. The number of nitrogen functional groups attached to an aromatic ring is 1. The lowest BCUT2D eigenvalue weighted by Crippen LogP contribution is -2.35. The van der Waals surface area contributed by atoms with Crippen molar-refractivity contribution in [1.82, 2.24) is 14.9 Å². The molecule has 0 fully saturated rings. The molecule has 0 aliphatic carbocycles. The van der Waals surface area contributed by atoms with Gasteiger partial charge >= 0.3 is 6.18 Å². The maximum absolute atomic E-state index is 13.9. The summed E-state index contributed by atoms with van der Waals surface area (Å²) in [7, 11) is 0. The summed E-state index contributed by atoms with van der Waals surface area (Å²) in [5.41, 5.74) is 5.11. The fourth-order valence-corrected chi connectivity index (χ4v) is 2.75. The topological polar surface area (TPSA) is 75.0 Å². The van der Waals surface area contributed by atoms with E-state index in [1.807, 2.05) is 0 Å². The van der Waals surface area contributed by atoms with Crippen LogP contribution in [0.1, 0.15) is 22.4 Å². The highest BCUT2D eigenvalue weighted by Crippen LogP contribution is 2.31. The molecule has 0 saturated carbocycles. The van der Waals surface area contributed by atoms with Crippen LogP contribution < -0.4 is 11.3 Å². The van der Waals surface area contributed by atoms with Crippen LogP contribution in [0.5, 0.6) is 0 Å². The van der Waals surface area contributed by atoms with Crippen LogP contribution in [-0.2, 0) is 25.7 Å². The van der Waals surface area contributed by atoms with Crippen LogP contribution >= 0.6 is 0 Å². The van der Waals surface area contributed by atoms with E-state index in [1.54, 1.807) is 4.90 Å². The smallest absolute Gasteiger partial charge is 0.369 e. The number of hydrogen-bond donors (Lipinski definition) is 2. The van der Waals surface area contributed by atoms with Gasteiger partial charge in [-0.3, -0.25) is 14.7 Å². The Morgan fingerprint density at radius 3 is 2.79 bits per heavy atom. The van der Waals surface area contributed by atoms with Crippen LogP contribution in [0, 0.1) is 5.82 Å². The fourth-order valence-electron chi connectivity index (χ4n) is 2.75. The molecule has 5 nitrogen and oxygen atoms in total. The molecule has 2 heterocycles. The molecule has 128 valence electrons. The third-order valence-corrected chi connectivity index (χ3v) is 3.93. The van der Waals surface area contributed by atoms with E-state index in [4.69, 9.17) is 5.73 Å². The zero-order valence-corrected chi connectivity index (χ0v) is 12.5. The van der Waals surface area contributed by atoms with Crippen molar-refractivity contribution in [3.63, 3.8) is 0 Å². The predicted molar refractivity (Wildman–Crippen MR) is 78.5 cm³/mol. The normalized spacial score (nSPS) is 15.3. The van der Waals surface area contributed by atoms with E-state index in [0.29, 0.717) is 30.3 Å². The predicted octanol–water partition coefficient (Wildman–Crippen LogP) is 2.07. The highest BCUT2D eigenvalue weighted by Gasteiger charge is 2.31. The molecule has 0 bridgehead atoms. The SMILES string of the molecule is Nc1nc2c(c(=O)[nH]1)CN(Cc1cc(C(F)(F)F)ccc1F)CC2. The van der Waals surface area contributed by atoms with Crippen LogP contribution in [0.2, 0.25) is 0 Å². The quantitative estimate of drug-likeness (QED) is 0.820. The molecule has 0 spiro atoms. The number of hydrogen-bond acceptors (Lipinski definition) is 4. The van der Waals surface area contributed by atoms with Gasteiger partial charge in [-0.25, -0.2) is 9.37 Å². The van der Waals surface area contributed by atoms with Crippen LogP contribution in [0.3, 0.4) is 0 Å². The molecule has 9 heteroatoms. The van der Waals surface area contributed by atoms with Gasteiger partial charge in [-0.05, 0) is 18.2 Å². The number of alkyl halides is 3. The Balaban J connectivity index is 1.84. The standard InChI is InChI=1S/C15H14F4N4O/c16-11-2-1-9(15(17,18)19)5-8(11)6-23-4-3-12-10(7-23)13(24)22-14(20)21-12/h1-2,5H,3-4,6-7H2,(H3,20,21,22,24). The summed E-state index contributed by atoms with van der Waals surface area (Å²) in [6.45, 7) is 0.589. The van der Waals surface area contributed by atoms with Gasteiger partial charge in [-0.2, -0.15) is 13.2 Å². The first-order valence-electron chi connectivity index (χ1n) is 7.19. The molecule has 0 atom stereocenters. The number of nitrogens with two attached hydrogens (primary N) is 1. The summed E-state index contributed by atoms with van der Waals surface area (Å²) in [6, 6.07) is 2.32.